The molecule has 0 aliphatic rings. The van der Waals surface area contributed by atoms with Crippen LogP contribution in [0.4, 0.5) is 0 Å². The molecule has 5 heteroatoms. The maximum atomic E-state index is 12.3. The summed E-state index contributed by atoms with van der Waals surface area (Å²) in [6, 6.07) is 11.8. The zero-order valence-corrected chi connectivity index (χ0v) is 14.0. The van der Waals surface area contributed by atoms with Crippen molar-refractivity contribution in [3.63, 3.8) is 0 Å². The summed E-state index contributed by atoms with van der Waals surface area (Å²) in [6.07, 6.45) is 0. The fraction of sp³-hybridized carbons (Fsp3) is 0.333. The summed E-state index contributed by atoms with van der Waals surface area (Å²) in [7, 11) is -1.11. The topological polar surface area (TPSA) is 42.2 Å². The Hall–Kier alpha value is -0.910. The third kappa shape index (κ3) is 4.30. The van der Waals surface area contributed by atoms with E-state index in [4.69, 9.17) is 4.42 Å². The van der Waals surface area contributed by atoms with Crippen molar-refractivity contribution in [2.45, 2.75) is 37.1 Å². The van der Waals surface area contributed by atoms with E-state index in [1.807, 2.05) is 36.4 Å². The third-order valence-electron chi connectivity index (χ3n) is 2.76. The highest BCUT2D eigenvalue weighted by Gasteiger charge is 2.11. The second-order valence-electron chi connectivity index (χ2n) is 4.82. The van der Waals surface area contributed by atoms with E-state index >= 15 is 0 Å². The molecule has 1 N–H and O–H groups in total. The largest absolute Gasteiger partial charge is 0.464 e. The average Bonchev–Trinajstić information content (AvgIpc) is 2.84. The highest BCUT2D eigenvalue weighted by Crippen LogP contribution is 2.22. The smallest absolute Gasteiger partial charge is 0.118 e. The molecule has 2 rings (SSSR count). The normalized spacial score (nSPS) is 12.8. The number of halogens is 1. The molecule has 0 spiro atoms. The van der Waals surface area contributed by atoms with Crippen molar-refractivity contribution in [2.75, 3.05) is 0 Å². The highest BCUT2D eigenvalue weighted by atomic mass is 79.9. The Morgan fingerprint density at radius 3 is 2.60 bits per heavy atom. The average molecular weight is 356 g/mol. The second kappa shape index (κ2) is 7.20. The van der Waals surface area contributed by atoms with Gasteiger partial charge in [0.1, 0.15) is 11.5 Å². The number of hydrogen-bond acceptors (Lipinski definition) is 3. The molecule has 0 saturated carbocycles. The second-order valence-corrected chi connectivity index (χ2v) is 7.10. The predicted octanol–water partition coefficient (Wildman–Crippen LogP) is 3.85. The monoisotopic (exact) mass is 355 g/mol. The summed E-state index contributed by atoms with van der Waals surface area (Å²) in [4.78, 5) is 0.797. The van der Waals surface area contributed by atoms with E-state index < -0.39 is 10.8 Å². The van der Waals surface area contributed by atoms with E-state index in [1.54, 1.807) is 0 Å². The Balaban J connectivity index is 2.00. The SMILES string of the molecule is CC(C)NCc1ccc(CS(=O)c2ccccc2Br)o1. The Morgan fingerprint density at radius 2 is 1.90 bits per heavy atom. The fourth-order valence-corrected chi connectivity index (χ4v) is 3.65. The molecule has 0 radical (unpaired) electrons. The fourth-order valence-electron chi connectivity index (χ4n) is 1.74. The van der Waals surface area contributed by atoms with Crippen molar-refractivity contribution in [1.29, 1.82) is 0 Å². The molecule has 1 unspecified atom stereocenters. The number of furan rings is 1. The molecule has 1 aromatic carbocycles. The van der Waals surface area contributed by atoms with Crippen LogP contribution in [0.3, 0.4) is 0 Å². The van der Waals surface area contributed by atoms with Gasteiger partial charge in [0, 0.05) is 10.5 Å². The first-order chi connectivity index (χ1) is 9.56. The molecule has 20 heavy (non-hydrogen) atoms. The number of rotatable bonds is 6. The molecule has 0 saturated heterocycles. The number of benzene rings is 1. The van der Waals surface area contributed by atoms with Gasteiger partial charge in [-0.05, 0) is 40.2 Å². The van der Waals surface area contributed by atoms with E-state index in [1.165, 1.54) is 0 Å². The Morgan fingerprint density at radius 1 is 1.20 bits per heavy atom. The van der Waals surface area contributed by atoms with Gasteiger partial charge < -0.3 is 9.73 Å². The standard InChI is InChI=1S/C15H18BrNO2S/c1-11(2)17-9-12-7-8-13(19-12)10-20(18)15-6-4-3-5-14(15)16/h3-8,11,17H,9-10H2,1-2H3. The van der Waals surface area contributed by atoms with Crippen molar-refractivity contribution >= 4 is 26.7 Å². The van der Waals surface area contributed by atoms with Crippen LogP contribution in [-0.2, 0) is 23.1 Å². The van der Waals surface area contributed by atoms with Gasteiger partial charge in [0.05, 0.1) is 28.0 Å². The first-order valence-corrected chi connectivity index (χ1v) is 8.61. The van der Waals surface area contributed by atoms with Crippen LogP contribution < -0.4 is 5.32 Å². The van der Waals surface area contributed by atoms with Crippen molar-refractivity contribution in [2.24, 2.45) is 0 Å². The van der Waals surface area contributed by atoms with Crippen LogP contribution in [0.15, 0.2) is 50.2 Å². The highest BCUT2D eigenvalue weighted by molar-refractivity contribution is 9.10. The van der Waals surface area contributed by atoms with Gasteiger partial charge in [-0.25, -0.2) is 0 Å². The van der Waals surface area contributed by atoms with Crippen molar-refractivity contribution in [3.8, 4) is 0 Å². The Kier molecular flexibility index (Phi) is 5.57. The van der Waals surface area contributed by atoms with E-state index in [0.29, 0.717) is 18.3 Å². The van der Waals surface area contributed by atoms with E-state index in [9.17, 15) is 4.21 Å². The van der Waals surface area contributed by atoms with Crippen LogP contribution in [0.5, 0.6) is 0 Å². The van der Waals surface area contributed by atoms with Gasteiger partial charge in [0.15, 0.2) is 0 Å². The van der Waals surface area contributed by atoms with Crippen LogP contribution in [0.1, 0.15) is 25.4 Å². The molecule has 0 aliphatic carbocycles. The van der Waals surface area contributed by atoms with E-state index in [0.717, 1.165) is 20.9 Å². The van der Waals surface area contributed by atoms with Gasteiger partial charge in [-0.2, -0.15) is 0 Å². The van der Waals surface area contributed by atoms with Crippen LogP contribution in [0.2, 0.25) is 0 Å². The van der Waals surface area contributed by atoms with Gasteiger partial charge in [-0.1, -0.05) is 26.0 Å². The number of nitrogens with one attached hydrogen (secondary N) is 1. The molecular formula is C15H18BrNO2S. The predicted molar refractivity (Wildman–Crippen MR) is 84.9 cm³/mol. The van der Waals surface area contributed by atoms with Crippen molar-refractivity contribution < 1.29 is 8.63 Å². The van der Waals surface area contributed by atoms with E-state index in [-0.39, 0.29) is 0 Å². The molecule has 1 atom stereocenters. The third-order valence-corrected chi connectivity index (χ3v) is 5.10. The van der Waals surface area contributed by atoms with Crippen LogP contribution in [0, 0.1) is 0 Å². The molecule has 0 aliphatic heterocycles. The lowest BCUT2D eigenvalue weighted by Gasteiger charge is -2.05. The van der Waals surface area contributed by atoms with Crippen LogP contribution >= 0.6 is 15.9 Å². The molecule has 1 aromatic heterocycles. The van der Waals surface area contributed by atoms with Crippen LogP contribution in [0.25, 0.3) is 0 Å². The van der Waals surface area contributed by atoms with Crippen molar-refractivity contribution in [1.82, 2.24) is 5.32 Å². The zero-order chi connectivity index (χ0) is 14.5. The van der Waals surface area contributed by atoms with E-state index in [2.05, 4.69) is 35.1 Å². The lowest BCUT2D eigenvalue weighted by Crippen LogP contribution is -2.21. The summed E-state index contributed by atoms with van der Waals surface area (Å²) in [5.74, 6) is 2.02. The van der Waals surface area contributed by atoms with Crippen LogP contribution in [-0.4, -0.2) is 10.3 Å². The summed E-state index contributed by atoms with van der Waals surface area (Å²) in [6.45, 7) is 4.87. The maximum absolute atomic E-state index is 12.3. The minimum atomic E-state index is -1.11. The van der Waals surface area contributed by atoms with Gasteiger partial charge in [0.25, 0.3) is 0 Å². The molecule has 2 aromatic rings. The van der Waals surface area contributed by atoms with Gasteiger partial charge >= 0.3 is 0 Å². The first-order valence-electron chi connectivity index (χ1n) is 6.50. The summed E-state index contributed by atoms with van der Waals surface area (Å²) in [5.41, 5.74) is 0. The molecule has 0 bridgehead atoms. The van der Waals surface area contributed by atoms with Gasteiger partial charge in [-0.15, -0.1) is 0 Å². The molecule has 0 fully saturated rings. The molecule has 108 valence electrons. The van der Waals surface area contributed by atoms with Gasteiger partial charge in [0.2, 0.25) is 0 Å². The lowest BCUT2D eigenvalue weighted by atomic mass is 10.3. The molecular weight excluding hydrogens is 338 g/mol. The number of hydrogen-bond donors (Lipinski definition) is 1. The summed E-state index contributed by atoms with van der Waals surface area (Å²) < 4.78 is 18.9. The quantitative estimate of drug-likeness (QED) is 0.855. The molecule has 3 nitrogen and oxygen atoms in total. The maximum Gasteiger partial charge on any atom is 0.118 e. The van der Waals surface area contributed by atoms with Gasteiger partial charge in [-0.3, -0.25) is 4.21 Å². The Bertz CT molecular complexity index is 595. The molecule has 1 heterocycles. The summed E-state index contributed by atoms with van der Waals surface area (Å²) in [5, 5.41) is 3.29. The minimum Gasteiger partial charge on any atom is -0.464 e. The van der Waals surface area contributed by atoms with Crippen molar-refractivity contribution in [3.05, 3.63) is 52.4 Å². The first kappa shape index (κ1) is 15.5. The zero-order valence-electron chi connectivity index (χ0n) is 11.6. The molecule has 0 amide bonds. The Labute approximate surface area is 130 Å². The summed E-state index contributed by atoms with van der Waals surface area (Å²) >= 11 is 3.42. The minimum absolute atomic E-state index is 0.393. The lowest BCUT2D eigenvalue weighted by molar-refractivity contribution is 0.445.